The highest BCUT2D eigenvalue weighted by molar-refractivity contribution is 8.19. The minimum absolute atomic E-state index is 0.00793. The van der Waals surface area contributed by atoms with Crippen LogP contribution in [0.4, 0.5) is 0 Å². The van der Waals surface area contributed by atoms with Gasteiger partial charge in [0.1, 0.15) is 26.4 Å². The monoisotopic (exact) mass is 1260 g/mol. The molecule has 0 spiro atoms. The van der Waals surface area contributed by atoms with Crippen LogP contribution in [-0.2, 0) is 57.1 Å². The number of hydrogen-bond acceptors (Lipinski definition) is 23. The van der Waals surface area contributed by atoms with Gasteiger partial charge >= 0.3 is 23.9 Å². The first-order chi connectivity index (χ1) is 37.1. The molecule has 0 fully saturated rings. The molecule has 0 aliphatic carbocycles. The van der Waals surface area contributed by atoms with E-state index in [4.69, 9.17) is 37.9 Å². The Kier molecular flexibility index (Phi) is 49.9. The predicted octanol–water partition coefficient (Wildman–Crippen LogP) is 11.0. The Morgan fingerprint density at radius 2 is 0.526 bits per heavy atom. The third kappa shape index (κ3) is 50.9. The van der Waals surface area contributed by atoms with E-state index in [2.05, 4.69) is 77.1 Å². The fourth-order valence-electron chi connectivity index (χ4n) is 7.10. The van der Waals surface area contributed by atoms with E-state index in [0.29, 0.717) is 115 Å². The first-order valence-corrected chi connectivity index (χ1v) is 36.1. The Morgan fingerprint density at radius 3 is 0.731 bits per heavy atom. The van der Waals surface area contributed by atoms with Crippen LogP contribution in [0.2, 0.25) is 0 Å². The second-order valence-electron chi connectivity index (χ2n) is 19.8. The van der Waals surface area contributed by atoms with Gasteiger partial charge < -0.3 is 52.6 Å². The molecule has 15 nitrogen and oxygen atoms in total. The molecule has 23 heteroatoms. The number of carbonyl (C=O) groups is 4. The molecule has 0 aliphatic heterocycles. The molecule has 0 saturated carbocycles. The molecular formula is C55H107N3O12S8. The third-order valence-electron chi connectivity index (χ3n) is 11.3. The van der Waals surface area contributed by atoms with E-state index in [9.17, 15) is 19.2 Å². The second kappa shape index (κ2) is 49.6. The molecular weight excluding hydrogens is 1150 g/mol. The van der Waals surface area contributed by atoms with Crippen molar-refractivity contribution in [1.82, 2.24) is 14.7 Å². The van der Waals surface area contributed by atoms with Gasteiger partial charge in [0.05, 0.1) is 68.4 Å². The fraction of sp³-hybridized carbons (Fsp3) is 0.927. The summed E-state index contributed by atoms with van der Waals surface area (Å²) in [4.78, 5) is 58.4. The lowest BCUT2D eigenvalue weighted by atomic mass is 10.2. The van der Waals surface area contributed by atoms with Crippen molar-refractivity contribution < 1.29 is 57.1 Å². The quantitative estimate of drug-likeness (QED) is 0.0245. The number of hydrogen-bond donors (Lipinski definition) is 0. The smallest absolute Gasteiger partial charge is 0.307 e. The summed E-state index contributed by atoms with van der Waals surface area (Å²) in [5, 5.41) is 0. The minimum Gasteiger partial charge on any atom is -0.465 e. The van der Waals surface area contributed by atoms with Crippen molar-refractivity contribution in [3.8, 4) is 0 Å². The highest BCUT2D eigenvalue weighted by Gasteiger charge is 2.23. The van der Waals surface area contributed by atoms with E-state index < -0.39 is 0 Å². The molecule has 78 heavy (non-hydrogen) atoms. The van der Waals surface area contributed by atoms with Gasteiger partial charge in [0, 0.05) is 98.6 Å². The van der Waals surface area contributed by atoms with Crippen molar-refractivity contribution in [2.45, 2.75) is 138 Å². The van der Waals surface area contributed by atoms with Crippen LogP contribution in [-0.4, -0.2) is 240 Å². The first kappa shape index (κ1) is 78.4. The van der Waals surface area contributed by atoms with Gasteiger partial charge in [-0.15, -0.1) is 94.1 Å². The second-order valence-corrected chi connectivity index (χ2v) is 34.5. The lowest BCUT2D eigenvalue weighted by Gasteiger charge is -2.25. The van der Waals surface area contributed by atoms with Crippen LogP contribution in [0.15, 0.2) is 0 Å². The Labute approximate surface area is 508 Å². The summed E-state index contributed by atoms with van der Waals surface area (Å²) in [6, 6.07) is 0. The van der Waals surface area contributed by atoms with Crippen LogP contribution >= 0.6 is 94.1 Å². The van der Waals surface area contributed by atoms with Gasteiger partial charge in [0.25, 0.3) is 0 Å². The van der Waals surface area contributed by atoms with Gasteiger partial charge in [-0.25, -0.2) is 0 Å². The Hall–Kier alpha value is 0.400. The minimum atomic E-state index is -0.240. The Balaban J connectivity index is 5.41. The van der Waals surface area contributed by atoms with Crippen molar-refractivity contribution in [3.05, 3.63) is 0 Å². The number of ether oxygens (including phenoxy) is 8. The normalized spacial score (nSPS) is 12.5. The van der Waals surface area contributed by atoms with Gasteiger partial charge in [-0.05, 0) is 129 Å². The number of esters is 4. The number of carbonyl (C=O) groups excluding carboxylic acids is 4. The highest BCUT2D eigenvalue weighted by Crippen LogP contribution is 2.38. The molecule has 0 aromatic carbocycles. The van der Waals surface area contributed by atoms with Gasteiger partial charge in [0.2, 0.25) is 0 Å². The zero-order valence-electron chi connectivity index (χ0n) is 50.5. The highest BCUT2D eigenvalue weighted by atomic mass is 32.2. The van der Waals surface area contributed by atoms with Crippen LogP contribution in [0.5, 0.6) is 0 Å². The van der Waals surface area contributed by atoms with Crippen LogP contribution in [0.25, 0.3) is 0 Å². The summed E-state index contributed by atoms with van der Waals surface area (Å²) < 4.78 is 44.5. The molecule has 0 heterocycles. The lowest BCUT2D eigenvalue weighted by molar-refractivity contribution is -0.145. The van der Waals surface area contributed by atoms with Gasteiger partial charge in [0.15, 0.2) is 0 Å². The van der Waals surface area contributed by atoms with Crippen LogP contribution in [0.3, 0.4) is 0 Å². The molecule has 0 N–H and O–H groups in total. The van der Waals surface area contributed by atoms with Gasteiger partial charge in [-0.3, -0.25) is 19.2 Å². The molecule has 0 radical (unpaired) electrons. The molecule has 0 bridgehead atoms. The van der Waals surface area contributed by atoms with Crippen molar-refractivity contribution in [1.29, 1.82) is 0 Å². The third-order valence-corrected chi connectivity index (χ3v) is 22.6. The first-order valence-electron chi connectivity index (χ1n) is 28.3. The number of nitrogens with zero attached hydrogens (tertiary/aromatic N) is 3. The average Bonchev–Trinajstić information content (AvgIpc) is 3.38. The Morgan fingerprint density at radius 1 is 0.321 bits per heavy atom. The van der Waals surface area contributed by atoms with E-state index in [0.717, 1.165) is 75.4 Å². The van der Waals surface area contributed by atoms with Crippen molar-refractivity contribution in [2.24, 2.45) is 0 Å². The maximum atomic E-state index is 12.9. The molecule has 0 rings (SSSR count). The van der Waals surface area contributed by atoms with Gasteiger partial charge in [-0.1, -0.05) is 0 Å². The zero-order valence-corrected chi connectivity index (χ0v) is 57.1. The van der Waals surface area contributed by atoms with Crippen molar-refractivity contribution >= 4 is 118 Å². The van der Waals surface area contributed by atoms with E-state index >= 15 is 0 Å². The van der Waals surface area contributed by atoms with E-state index in [1.165, 1.54) is 0 Å². The molecule has 0 aromatic heterocycles. The maximum absolute atomic E-state index is 12.9. The van der Waals surface area contributed by atoms with E-state index in [1.807, 2.05) is 74.7 Å². The summed E-state index contributed by atoms with van der Waals surface area (Å²) in [5.74, 6) is 5.55. The molecule has 0 amide bonds. The topological polar surface area (TPSA) is 152 Å². The van der Waals surface area contributed by atoms with E-state index in [-0.39, 0.29) is 65.9 Å². The number of thioether (sulfide) groups is 8. The van der Waals surface area contributed by atoms with Crippen molar-refractivity contribution in [2.75, 3.05) is 185 Å². The SMILES string of the molecule is CCOCCSC(C)(C)SCCOC(=O)CCN(CCCN(C)CCCN(CCC(=O)OCCSC(C)(C)SCCOCC)CCC(=O)OCCSC(C)(C)SCCOCC)CCC(=O)OCCSC(C)(C)SCCOCC. The molecule has 0 aromatic rings. The molecule has 0 atom stereocenters. The summed E-state index contributed by atoms with van der Waals surface area (Å²) >= 11 is 14.5. The summed E-state index contributed by atoms with van der Waals surface area (Å²) in [6.45, 7) is 37.6. The van der Waals surface area contributed by atoms with Crippen LogP contribution in [0, 0.1) is 0 Å². The number of rotatable bonds is 56. The zero-order chi connectivity index (χ0) is 58.4. The van der Waals surface area contributed by atoms with Crippen LogP contribution < -0.4 is 0 Å². The molecule has 0 aliphatic rings. The van der Waals surface area contributed by atoms with Crippen molar-refractivity contribution in [3.63, 3.8) is 0 Å². The summed E-state index contributed by atoms with van der Waals surface area (Å²) in [7, 11) is 2.10. The molecule has 462 valence electrons. The van der Waals surface area contributed by atoms with Gasteiger partial charge in [-0.2, -0.15) is 0 Å². The van der Waals surface area contributed by atoms with Crippen LogP contribution in [0.1, 0.15) is 122 Å². The molecule has 0 saturated heterocycles. The molecule has 0 unspecified atom stereocenters. The standard InChI is InChI=1S/C55H107N3O12S8/c1-14-63-32-40-71-52(5,6)75-44-36-67-48(59)20-28-57(29-21-49(60)68-37-45-76-53(7,8)72-41-33-64-15-2)26-18-24-56(13)25-19-27-58(30-22-50(61)69-38-46-77-54(9,10)73-42-34-65-16-3)31-23-51(62)70-39-47-78-55(11,12)74-43-35-66-17-4/h14-47H2,1-13H3. The summed E-state index contributed by atoms with van der Waals surface area (Å²) in [5.41, 5.74) is 0. The lowest BCUT2D eigenvalue weighted by Crippen LogP contribution is -2.34. The maximum Gasteiger partial charge on any atom is 0.307 e. The summed E-state index contributed by atoms with van der Waals surface area (Å²) in [6.07, 6.45) is 2.63. The largest absolute Gasteiger partial charge is 0.465 e. The fourth-order valence-corrected chi connectivity index (χ4v) is 15.8. The van der Waals surface area contributed by atoms with E-state index in [1.54, 1.807) is 47.0 Å². The Bertz CT molecular complexity index is 1310. The predicted molar refractivity (Wildman–Crippen MR) is 344 cm³/mol. The average molecular weight is 1260 g/mol.